The van der Waals surface area contributed by atoms with Gasteiger partial charge in [-0.15, -0.1) is 0 Å². The van der Waals surface area contributed by atoms with Crippen molar-refractivity contribution in [2.24, 2.45) is 0 Å². The molecule has 5 heteroatoms. The standard InChI is InChI=1S/C13H15BrFN3/c1-3-18-7-6-17-13(18)12(16-2)9-4-5-10(14)11(15)8-9/h4-8,12,16H,3H2,1-2H3. The molecule has 0 spiro atoms. The second-order valence-corrected chi connectivity index (χ2v) is 4.82. The lowest BCUT2D eigenvalue weighted by atomic mass is 10.1. The van der Waals surface area contributed by atoms with Crippen LogP contribution in [-0.2, 0) is 6.54 Å². The van der Waals surface area contributed by atoms with Crippen molar-refractivity contribution in [1.82, 2.24) is 14.9 Å². The first-order chi connectivity index (χ1) is 8.67. The number of nitrogens with one attached hydrogen (secondary N) is 1. The summed E-state index contributed by atoms with van der Waals surface area (Å²) in [6.45, 7) is 2.90. The molecule has 0 fully saturated rings. The van der Waals surface area contributed by atoms with Gasteiger partial charge in [0.2, 0.25) is 0 Å². The number of rotatable bonds is 4. The van der Waals surface area contributed by atoms with Crippen LogP contribution in [0.4, 0.5) is 4.39 Å². The third kappa shape index (κ3) is 2.47. The third-order valence-electron chi connectivity index (χ3n) is 2.91. The van der Waals surface area contributed by atoms with Gasteiger partial charge in [-0.05, 0) is 47.6 Å². The summed E-state index contributed by atoms with van der Waals surface area (Å²) in [5.41, 5.74) is 0.860. The van der Waals surface area contributed by atoms with Crippen LogP contribution in [0.25, 0.3) is 0 Å². The maximum atomic E-state index is 13.6. The fourth-order valence-corrected chi connectivity index (χ4v) is 2.23. The number of aryl methyl sites for hydroxylation is 1. The summed E-state index contributed by atoms with van der Waals surface area (Å²) in [6, 6.07) is 5.03. The summed E-state index contributed by atoms with van der Waals surface area (Å²) in [4.78, 5) is 4.35. The van der Waals surface area contributed by atoms with Crippen molar-refractivity contribution in [1.29, 1.82) is 0 Å². The molecule has 3 nitrogen and oxygen atoms in total. The van der Waals surface area contributed by atoms with Gasteiger partial charge in [-0.1, -0.05) is 6.07 Å². The van der Waals surface area contributed by atoms with Crippen molar-refractivity contribution < 1.29 is 4.39 Å². The van der Waals surface area contributed by atoms with Crippen LogP contribution in [-0.4, -0.2) is 16.6 Å². The zero-order valence-corrected chi connectivity index (χ0v) is 11.9. The van der Waals surface area contributed by atoms with E-state index in [1.165, 1.54) is 6.07 Å². The molecule has 1 unspecified atom stereocenters. The van der Waals surface area contributed by atoms with Gasteiger partial charge in [-0.3, -0.25) is 0 Å². The van der Waals surface area contributed by atoms with E-state index in [1.807, 2.05) is 23.9 Å². The van der Waals surface area contributed by atoms with Crippen molar-refractivity contribution in [3.63, 3.8) is 0 Å². The zero-order valence-electron chi connectivity index (χ0n) is 10.3. The van der Waals surface area contributed by atoms with Gasteiger partial charge in [0.15, 0.2) is 0 Å². The van der Waals surface area contributed by atoms with Gasteiger partial charge in [-0.2, -0.15) is 0 Å². The Morgan fingerprint density at radius 3 is 2.89 bits per heavy atom. The molecule has 0 amide bonds. The molecule has 0 saturated carbocycles. The first kappa shape index (κ1) is 13.2. The quantitative estimate of drug-likeness (QED) is 0.940. The van der Waals surface area contributed by atoms with E-state index in [0.717, 1.165) is 17.9 Å². The molecule has 0 aliphatic heterocycles. The second-order valence-electron chi connectivity index (χ2n) is 3.97. The van der Waals surface area contributed by atoms with Crippen LogP contribution >= 0.6 is 15.9 Å². The second kappa shape index (κ2) is 5.63. The number of benzene rings is 1. The molecule has 2 aromatic rings. The maximum absolute atomic E-state index is 13.6. The molecule has 0 radical (unpaired) electrons. The molecule has 1 heterocycles. The topological polar surface area (TPSA) is 29.9 Å². The predicted molar refractivity (Wildman–Crippen MR) is 72.9 cm³/mol. The van der Waals surface area contributed by atoms with Gasteiger partial charge in [0.1, 0.15) is 11.6 Å². The molecule has 1 atom stereocenters. The molecule has 1 aromatic heterocycles. The summed E-state index contributed by atoms with van der Waals surface area (Å²) >= 11 is 3.16. The van der Waals surface area contributed by atoms with Crippen LogP contribution in [0, 0.1) is 5.82 Å². The first-order valence-electron chi connectivity index (χ1n) is 5.80. The molecule has 2 rings (SSSR count). The Labute approximate surface area is 114 Å². The Kier molecular flexibility index (Phi) is 4.14. The largest absolute Gasteiger partial charge is 0.334 e. The summed E-state index contributed by atoms with van der Waals surface area (Å²) < 4.78 is 16.1. The van der Waals surface area contributed by atoms with Gasteiger partial charge in [-0.25, -0.2) is 9.37 Å². The van der Waals surface area contributed by atoms with Crippen LogP contribution in [0.3, 0.4) is 0 Å². The Morgan fingerprint density at radius 1 is 1.50 bits per heavy atom. The van der Waals surface area contributed by atoms with Crippen LogP contribution < -0.4 is 5.32 Å². The van der Waals surface area contributed by atoms with Crippen molar-refractivity contribution in [3.05, 3.63) is 52.3 Å². The molecular weight excluding hydrogens is 297 g/mol. The number of hydrogen-bond donors (Lipinski definition) is 1. The monoisotopic (exact) mass is 311 g/mol. The molecular formula is C13H15BrFN3. The van der Waals surface area contributed by atoms with Gasteiger partial charge in [0, 0.05) is 18.9 Å². The van der Waals surface area contributed by atoms with Crippen molar-refractivity contribution >= 4 is 15.9 Å². The third-order valence-corrected chi connectivity index (χ3v) is 3.56. The fraction of sp³-hybridized carbons (Fsp3) is 0.308. The summed E-state index contributed by atoms with van der Waals surface area (Å²) in [5.74, 6) is 0.629. The molecule has 96 valence electrons. The highest BCUT2D eigenvalue weighted by Crippen LogP contribution is 2.24. The summed E-state index contributed by atoms with van der Waals surface area (Å²) in [7, 11) is 1.85. The highest BCUT2D eigenvalue weighted by molar-refractivity contribution is 9.10. The minimum Gasteiger partial charge on any atom is -0.334 e. The minimum absolute atomic E-state index is 0.109. The van der Waals surface area contributed by atoms with E-state index in [0.29, 0.717) is 4.47 Å². The molecule has 0 bridgehead atoms. The maximum Gasteiger partial charge on any atom is 0.137 e. The highest BCUT2D eigenvalue weighted by atomic mass is 79.9. The lowest BCUT2D eigenvalue weighted by Gasteiger charge is -2.17. The van der Waals surface area contributed by atoms with Crippen LogP contribution in [0.5, 0.6) is 0 Å². The van der Waals surface area contributed by atoms with E-state index in [-0.39, 0.29) is 11.9 Å². The summed E-state index contributed by atoms with van der Waals surface area (Å²) in [6.07, 6.45) is 3.69. The van der Waals surface area contributed by atoms with Crippen molar-refractivity contribution in [3.8, 4) is 0 Å². The van der Waals surface area contributed by atoms with Gasteiger partial charge < -0.3 is 9.88 Å². The molecule has 0 aliphatic carbocycles. The normalized spacial score (nSPS) is 12.7. The van der Waals surface area contributed by atoms with E-state index in [9.17, 15) is 4.39 Å². The van der Waals surface area contributed by atoms with Gasteiger partial charge in [0.25, 0.3) is 0 Å². The minimum atomic E-state index is -0.262. The Bertz CT molecular complexity index is 539. The van der Waals surface area contributed by atoms with Crippen molar-refractivity contribution in [2.45, 2.75) is 19.5 Å². The Balaban J connectivity index is 2.42. The zero-order chi connectivity index (χ0) is 13.1. The number of nitrogens with zero attached hydrogens (tertiary/aromatic N) is 2. The molecule has 1 N–H and O–H groups in total. The lowest BCUT2D eigenvalue weighted by Crippen LogP contribution is -2.22. The first-order valence-corrected chi connectivity index (χ1v) is 6.60. The average molecular weight is 312 g/mol. The van der Waals surface area contributed by atoms with E-state index in [1.54, 1.807) is 12.3 Å². The average Bonchev–Trinajstić information content (AvgIpc) is 2.83. The fourth-order valence-electron chi connectivity index (χ4n) is 1.99. The number of halogens is 2. The smallest absolute Gasteiger partial charge is 0.137 e. The molecule has 0 saturated heterocycles. The highest BCUT2D eigenvalue weighted by Gasteiger charge is 2.17. The van der Waals surface area contributed by atoms with Crippen molar-refractivity contribution in [2.75, 3.05) is 7.05 Å². The SMILES string of the molecule is CCn1ccnc1C(NC)c1ccc(Br)c(F)c1. The molecule has 0 aliphatic rings. The van der Waals surface area contributed by atoms with E-state index in [2.05, 4.69) is 33.2 Å². The molecule has 18 heavy (non-hydrogen) atoms. The Morgan fingerprint density at radius 2 is 2.28 bits per heavy atom. The number of imidazole rings is 1. The predicted octanol–water partition coefficient (Wildman–Crippen LogP) is 3.11. The van der Waals surface area contributed by atoms with Gasteiger partial charge >= 0.3 is 0 Å². The molecule has 1 aromatic carbocycles. The van der Waals surface area contributed by atoms with Crippen LogP contribution in [0.1, 0.15) is 24.4 Å². The van der Waals surface area contributed by atoms with Crippen LogP contribution in [0.2, 0.25) is 0 Å². The van der Waals surface area contributed by atoms with E-state index >= 15 is 0 Å². The van der Waals surface area contributed by atoms with E-state index in [4.69, 9.17) is 0 Å². The Hall–Kier alpha value is -1.20. The van der Waals surface area contributed by atoms with Crippen LogP contribution in [0.15, 0.2) is 35.1 Å². The van der Waals surface area contributed by atoms with Gasteiger partial charge in [0.05, 0.1) is 10.5 Å². The number of hydrogen-bond acceptors (Lipinski definition) is 2. The van der Waals surface area contributed by atoms with E-state index < -0.39 is 0 Å². The number of aromatic nitrogens is 2. The lowest BCUT2D eigenvalue weighted by molar-refractivity contribution is 0.578. The summed E-state index contributed by atoms with van der Waals surface area (Å²) in [5, 5.41) is 3.18.